The summed E-state index contributed by atoms with van der Waals surface area (Å²) >= 11 is 0. The Hall–Kier alpha value is -1.57. The molecule has 1 nitrogen and oxygen atoms in total. The van der Waals surface area contributed by atoms with Crippen LogP contribution in [0, 0.1) is 0 Å². The van der Waals surface area contributed by atoms with Crippen LogP contribution in [0.15, 0.2) is 55.1 Å². The van der Waals surface area contributed by atoms with E-state index in [0.29, 0.717) is 0 Å². The summed E-state index contributed by atoms with van der Waals surface area (Å²) in [5, 5.41) is 0. The molecule has 24 heavy (non-hydrogen) atoms. The van der Waals surface area contributed by atoms with Gasteiger partial charge in [-0.15, -0.1) is 12.4 Å². The molecule has 0 atom stereocenters. The SMILES string of the molecule is C=C(C)c1ccccc1CN(C)Cc1ccc(C(C)(C)C)cc1.Cl. The van der Waals surface area contributed by atoms with Gasteiger partial charge >= 0.3 is 0 Å². The minimum Gasteiger partial charge on any atom is -0.298 e. The fraction of sp³-hybridized carbons (Fsp3) is 0.364. The maximum Gasteiger partial charge on any atom is 0.0240 e. The Labute approximate surface area is 153 Å². The zero-order chi connectivity index (χ0) is 17.0. The third-order valence-corrected chi connectivity index (χ3v) is 4.19. The quantitative estimate of drug-likeness (QED) is 0.636. The first-order valence-electron chi connectivity index (χ1n) is 8.29. The normalized spacial score (nSPS) is 11.2. The minimum absolute atomic E-state index is 0. The number of allylic oxidation sites excluding steroid dienone is 1. The van der Waals surface area contributed by atoms with E-state index in [1.807, 2.05) is 0 Å². The third-order valence-electron chi connectivity index (χ3n) is 4.19. The highest BCUT2D eigenvalue weighted by Gasteiger charge is 2.13. The Morgan fingerprint density at radius 2 is 1.54 bits per heavy atom. The van der Waals surface area contributed by atoms with E-state index in [0.717, 1.165) is 18.7 Å². The summed E-state index contributed by atoms with van der Waals surface area (Å²) in [6.07, 6.45) is 0. The minimum atomic E-state index is 0. The average molecular weight is 344 g/mol. The molecule has 0 radical (unpaired) electrons. The highest BCUT2D eigenvalue weighted by molar-refractivity contribution is 5.85. The van der Waals surface area contributed by atoms with Gasteiger partial charge in [-0.2, -0.15) is 0 Å². The number of rotatable bonds is 5. The number of hydrogen-bond donors (Lipinski definition) is 0. The molecule has 0 aliphatic heterocycles. The van der Waals surface area contributed by atoms with Gasteiger partial charge in [0.1, 0.15) is 0 Å². The number of nitrogens with zero attached hydrogens (tertiary/aromatic N) is 1. The maximum absolute atomic E-state index is 4.09. The lowest BCUT2D eigenvalue weighted by atomic mass is 9.87. The molecule has 0 bridgehead atoms. The van der Waals surface area contributed by atoms with Gasteiger partial charge in [0.2, 0.25) is 0 Å². The maximum atomic E-state index is 4.09. The van der Waals surface area contributed by atoms with Crippen molar-refractivity contribution in [1.29, 1.82) is 0 Å². The van der Waals surface area contributed by atoms with Gasteiger partial charge in [-0.25, -0.2) is 0 Å². The smallest absolute Gasteiger partial charge is 0.0240 e. The average Bonchev–Trinajstić information content (AvgIpc) is 2.47. The molecule has 0 unspecified atom stereocenters. The van der Waals surface area contributed by atoms with Crippen LogP contribution in [0.5, 0.6) is 0 Å². The third kappa shape index (κ3) is 5.51. The van der Waals surface area contributed by atoms with Crippen LogP contribution < -0.4 is 0 Å². The second-order valence-electron chi connectivity index (χ2n) is 7.56. The van der Waals surface area contributed by atoms with Crippen LogP contribution in [0.25, 0.3) is 5.57 Å². The van der Waals surface area contributed by atoms with E-state index in [4.69, 9.17) is 0 Å². The molecule has 0 heterocycles. The van der Waals surface area contributed by atoms with Crippen molar-refractivity contribution in [2.45, 2.75) is 46.2 Å². The van der Waals surface area contributed by atoms with Crippen molar-refractivity contribution in [1.82, 2.24) is 4.90 Å². The summed E-state index contributed by atoms with van der Waals surface area (Å²) in [4.78, 5) is 2.36. The van der Waals surface area contributed by atoms with E-state index in [1.165, 1.54) is 22.3 Å². The molecule has 0 spiro atoms. The van der Waals surface area contributed by atoms with Crippen LogP contribution >= 0.6 is 12.4 Å². The fourth-order valence-corrected chi connectivity index (χ4v) is 2.84. The highest BCUT2D eigenvalue weighted by atomic mass is 35.5. The molecule has 0 aliphatic carbocycles. The number of halogens is 1. The van der Waals surface area contributed by atoms with Crippen LogP contribution in [-0.2, 0) is 18.5 Å². The van der Waals surface area contributed by atoms with Crippen molar-refractivity contribution < 1.29 is 0 Å². The van der Waals surface area contributed by atoms with Crippen molar-refractivity contribution in [2.75, 3.05) is 7.05 Å². The molecule has 0 N–H and O–H groups in total. The zero-order valence-electron chi connectivity index (χ0n) is 15.6. The van der Waals surface area contributed by atoms with Crippen LogP contribution in [0.4, 0.5) is 0 Å². The molecule has 130 valence electrons. The van der Waals surface area contributed by atoms with Crippen LogP contribution in [-0.4, -0.2) is 11.9 Å². The van der Waals surface area contributed by atoms with E-state index in [2.05, 4.69) is 94.8 Å². The Balaban J connectivity index is 0.00000288. The monoisotopic (exact) mass is 343 g/mol. The topological polar surface area (TPSA) is 3.24 Å². The molecule has 0 saturated carbocycles. The van der Waals surface area contributed by atoms with Crippen LogP contribution in [0.2, 0.25) is 0 Å². The molecule has 2 rings (SSSR count). The van der Waals surface area contributed by atoms with E-state index < -0.39 is 0 Å². The van der Waals surface area contributed by atoms with Gasteiger partial charge in [0.15, 0.2) is 0 Å². The Morgan fingerprint density at radius 3 is 2.08 bits per heavy atom. The predicted molar refractivity (Wildman–Crippen MR) is 109 cm³/mol. The van der Waals surface area contributed by atoms with Gasteiger partial charge in [-0.1, -0.05) is 81.5 Å². The van der Waals surface area contributed by atoms with Crippen LogP contribution in [0.1, 0.15) is 49.9 Å². The van der Waals surface area contributed by atoms with Crippen molar-refractivity contribution >= 4 is 18.0 Å². The van der Waals surface area contributed by atoms with Crippen molar-refractivity contribution in [3.05, 3.63) is 77.4 Å². The van der Waals surface area contributed by atoms with Crippen molar-refractivity contribution in [3.63, 3.8) is 0 Å². The Kier molecular flexibility index (Phi) is 7.26. The lowest BCUT2D eigenvalue weighted by Crippen LogP contribution is -2.18. The summed E-state index contributed by atoms with van der Waals surface area (Å²) in [5.41, 5.74) is 6.69. The van der Waals surface area contributed by atoms with Gasteiger partial charge < -0.3 is 0 Å². The largest absolute Gasteiger partial charge is 0.298 e. The summed E-state index contributed by atoms with van der Waals surface area (Å²) in [6, 6.07) is 17.6. The van der Waals surface area contributed by atoms with Gasteiger partial charge in [-0.3, -0.25) is 4.90 Å². The van der Waals surface area contributed by atoms with Gasteiger partial charge in [0, 0.05) is 13.1 Å². The molecular weight excluding hydrogens is 314 g/mol. The standard InChI is InChI=1S/C22H29N.ClH/c1-17(2)21-10-8-7-9-19(21)16-23(6)15-18-11-13-20(14-12-18)22(3,4)5;/h7-14H,1,15-16H2,2-6H3;1H. The molecule has 2 aromatic carbocycles. The van der Waals surface area contributed by atoms with Gasteiger partial charge in [0.05, 0.1) is 0 Å². The fourth-order valence-electron chi connectivity index (χ4n) is 2.84. The molecule has 0 amide bonds. The van der Waals surface area contributed by atoms with Crippen molar-refractivity contribution in [2.24, 2.45) is 0 Å². The number of benzene rings is 2. The second-order valence-corrected chi connectivity index (χ2v) is 7.56. The molecular formula is C22H30ClN. The summed E-state index contributed by atoms with van der Waals surface area (Å²) in [6.45, 7) is 14.8. The predicted octanol–water partition coefficient (Wildman–Crippen LogP) is 6.07. The summed E-state index contributed by atoms with van der Waals surface area (Å²) in [5.74, 6) is 0. The number of hydrogen-bond acceptors (Lipinski definition) is 1. The first-order valence-corrected chi connectivity index (χ1v) is 8.29. The lowest BCUT2D eigenvalue weighted by molar-refractivity contribution is 0.319. The first kappa shape index (κ1) is 20.5. The van der Waals surface area contributed by atoms with E-state index >= 15 is 0 Å². The Bertz CT molecular complexity index is 665. The molecule has 0 aromatic heterocycles. The van der Waals surface area contributed by atoms with E-state index in [-0.39, 0.29) is 17.8 Å². The molecule has 0 fully saturated rings. The van der Waals surface area contributed by atoms with Crippen LogP contribution in [0.3, 0.4) is 0 Å². The molecule has 2 heteroatoms. The molecule has 0 saturated heterocycles. The lowest BCUT2D eigenvalue weighted by Gasteiger charge is -2.21. The van der Waals surface area contributed by atoms with E-state index in [9.17, 15) is 0 Å². The second kappa shape index (κ2) is 8.50. The summed E-state index contributed by atoms with van der Waals surface area (Å²) < 4.78 is 0. The molecule has 0 aliphatic rings. The van der Waals surface area contributed by atoms with Crippen molar-refractivity contribution in [3.8, 4) is 0 Å². The summed E-state index contributed by atoms with van der Waals surface area (Å²) in [7, 11) is 2.17. The Morgan fingerprint density at radius 1 is 0.958 bits per heavy atom. The van der Waals surface area contributed by atoms with E-state index in [1.54, 1.807) is 0 Å². The first-order chi connectivity index (χ1) is 10.8. The molecule has 2 aromatic rings. The zero-order valence-corrected chi connectivity index (χ0v) is 16.4. The van der Waals surface area contributed by atoms with Gasteiger partial charge in [0.25, 0.3) is 0 Å². The van der Waals surface area contributed by atoms with Gasteiger partial charge in [-0.05, 0) is 41.6 Å². The highest BCUT2D eigenvalue weighted by Crippen LogP contribution is 2.23.